The fourth-order valence-electron chi connectivity index (χ4n) is 4.16. The molecule has 0 amide bonds. The maximum absolute atomic E-state index is 13.9. The van der Waals surface area contributed by atoms with Crippen LogP contribution in [0, 0.1) is 5.82 Å². The zero-order chi connectivity index (χ0) is 28.1. The van der Waals surface area contributed by atoms with Crippen molar-refractivity contribution in [2.45, 2.75) is 75.3 Å². The second kappa shape index (κ2) is 12.5. The SMILES string of the molecule is CCCCC1CN(c2ccc(F)cc2)c2cc(SCC)c(O/C=C/C(=O)OC(C)(C)C)cc2S(=O)(=O)N1C. The number of benzene rings is 2. The van der Waals surface area contributed by atoms with E-state index in [2.05, 4.69) is 6.92 Å². The maximum Gasteiger partial charge on any atom is 0.334 e. The maximum atomic E-state index is 13.9. The van der Waals surface area contributed by atoms with Crippen LogP contribution in [-0.2, 0) is 19.6 Å². The summed E-state index contributed by atoms with van der Waals surface area (Å²) in [6, 6.07) is 9.10. The first-order chi connectivity index (χ1) is 17.9. The number of unbranched alkanes of at least 4 members (excludes halogenated alkanes) is 1. The van der Waals surface area contributed by atoms with Crippen LogP contribution in [0.4, 0.5) is 15.8 Å². The molecule has 0 spiro atoms. The van der Waals surface area contributed by atoms with Crippen LogP contribution in [0.15, 0.2) is 58.5 Å². The molecule has 0 aliphatic carbocycles. The first-order valence-electron chi connectivity index (χ1n) is 12.8. The molecule has 2 aromatic rings. The normalized spacial score (nSPS) is 17.8. The molecule has 1 heterocycles. The van der Waals surface area contributed by atoms with Crippen molar-refractivity contribution in [1.29, 1.82) is 0 Å². The van der Waals surface area contributed by atoms with Gasteiger partial charge in [0.2, 0.25) is 10.0 Å². The molecule has 208 valence electrons. The summed E-state index contributed by atoms with van der Waals surface area (Å²) in [5.74, 6) is 0.107. The summed E-state index contributed by atoms with van der Waals surface area (Å²) in [5.41, 5.74) is 0.554. The zero-order valence-electron chi connectivity index (χ0n) is 22.9. The highest BCUT2D eigenvalue weighted by molar-refractivity contribution is 7.99. The van der Waals surface area contributed by atoms with Crippen molar-refractivity contribution < 1.29 is 27.1 Å². The number of anilines is 2. The van der Waals surface area contributed by atoms with Gasteiger partial charge in [-0.15, -0.1) is 11.8 Å². The van der Waals surface area contributed by atoms with Gasteiger partial charge in [-0.1, -0.05) is 26.7 Å². The Labute approximate surface area is 230 Å². The lowest BCUT2D eigenvalue weighted by molar-refractivity contribution is -0.148. The van der Waals surface area contributed by atoms with Crippen molar-refractivity contribution in [3.8, 4) is 5.75 Å². The van der Waals surface area contributed by atoms with E-state index < -0.39 is 21.6 Å². The molecule has 0 saturated carbocycles. The molecule has 0 radical (unpaired) electrons. The molecule has 38 heavy (non-hydrogen) atoms. The third-order valence-corrected chi connectivity index (χ3v) is 8.87. The predicted molar refractivity (Wildman–Crippen MR) is 150 cm³/mol. The highest BCUT2D eigenvalue weighted by Gasteiger charge is 2.37. The van der Waals surface area contributed by atoms with Gasteiger partial charge in [0.15, 0.2) is 0 Å². The van der Waals surface area contributed by atoms with Crippen LogP contribution in [0.25, 0.3) is 0 Å². The Morgan fingerprint density at radius 3 is 2.47 bits per heavy atom. The average molecular weight is 565 g/mol. The standard InChI is InChI=1S/C28H37FN2O5S2/c1-7-9-10-22-19-31(21-13-11-20(29)12-14-21)23-17-25(37-8-2)24(18-26(23)38(33,34)30(22)6)35-16-15-27(32)36-28(3,4)5/h11-18,22H,7-10,19H2,1-6H3/b16-15+. The van der Waals surface area contributed by atoms with Gasteiger partial charge in [-0.05, 0) is 63.3 Å². The van der Waals surface area contributed by atoms with Crippen molar-refractivity contribution >= 4 is 39.1 Å². The first kappa shape index (κ1) is 30.0. The topological polar surface area (TPSA) is 76.1 Å². The highest BCUT2D eigenvalue weighted by Crippen LogP contribution is 2.44. The number of nitrogens with zero attached hydrogens (tertiary/aromatic N) is 2. The minimum Gasteiger partial charge on any atom is -0.464 e. The lowest BCUT2D eigenvalue weighted by Crippen LogP contribution is -2.40. The second-order valence-electron chi connectivity index (χ2n) is 10.1. The average Bonchev–Trinajstić information content (AvgIpc) is 2.91. The molecule has 1 unspecified atom stereocenters. The lowest BCUT2D eigenvalue weighted by atomic mass is 10.1. The fourth-order valence-corrected chi connectivity index (χ4v) is 6.48. The molecule has 0 bridgehead atoms. The van der Waals surface area contributed by atoms with Crippen LogP contribution in [0.3, 0.4) is 0 Å². The molecule has 1 aliphatic heterocycles. The molecule has 0 fully saturated rings. The number of sulfonamides is 1. The number of likely N-dealkylation sites (N-methyl/N-ethyl adjacent to an activating group) is 1. The van der Waals surface area contributed by atoms with Crippen LogP contribution in [0.5, 0.6) is 5.75 Å². The number of ether oxygens (including phenoxy) is 2. The summed E-state index contributed by atoms with van der Waals surface area (Å²) in [6.07, 6.45) is 4.89. The lowest BCUT2D eigenvalue weighted by Gasteiger charge is -2.29. The smallest absolute Gasteiger partial charge is 0.334 e. The van der Waals surface area contributed by atoms with Crippen LogP contribution in [0.1, 0.15) is 53.9 Å². The number of esters is 1. The van der Waals surface area contributed by atoms with E-state index in [0.717, 1.165) is 17.7 Å². The Morgan fingerprint density at radius 1 is 1.18 bits per heavy atom. The van der Waals surface area contributed by atoms with Gasteiger partial charge < -0.3 is 14.4 Å². The third kappa shape index (κ3) is 7.30. The van der Waals surface area contributed by atoms with E-state index in [1.165, 1.54) is 46.6 Å². The molecule has 1 atom stereocenters. The number of hydrogen-bond donors (Lipinski definition) is 0. The fraction of sp³-hybridized carbons (Fsp3) is 0.464. The largest absolute Gasteiger partial charge is 0.464 e. The Bertz CT molecular complexity index is 1260. The Morgan fingerprint density at radius 2 is 1.87 bits per heavy atom. The summed E-state index contributed by atoms with van der Waals surface area (Å²) in [5, 5.41) is 0. The molecular formula is C28H37FN2O5S2. The van der Waals surface area contributed by atoms with Crippen molar-refractivity contribution in [3.63, 3.8) is 0 Å². The van der Waals surface area contributed by atoms with Gasteiger partial charge in [0.25, 0.3) is 0 Å². The van der Waals surface area contributed by atoms with Gasteiger partial charge in [0.1, 0.15) is 22.1 Å². The van der Waals surface area contributed by atoms with E-state index in [1.807, 2.05) is 11.8 Å². The number of carbonyl (C=O) groups excluding carboxylic acids is 1. The number of hydrogen-bond acceptors (Lipinski definition) is 7. The van der Waals surface area contributed by atoms with E-state index in [0.29, 0.717) is 35.8 Å². The van der Waals surface area contributed by atoms with E-state index in [-0.39, 0.29) is 16.8 Å². The van der Waals surface area contributed by atoms with Gasteiger partial charge >= 0.3 is 5.97 Å². The van der Waals surface area contributed by atoms with Crippen LogP contribution < -0.4 is 9.64 Å². The number of rotatable bonds is 9. The molecule has 10 heteroatoms. The number of carbonyl (C=O) groups is 1. The van der Waals surface area contributed by atoms with Gasteiger partial charge in [0, 0.05) is 31.4 Å². The number of halogens is 1. The quantitative estimate of drug-likeness (QED) is 0.149. The molecule has 2 aromatic carbocycles. The van der Waals surface area contributed by atoms with Gasteiger partial charge in [0.05, 0.1) is 22.9 Å². The number of fused-ring (bicyclic) bond motifs is 1. The van der Waals surface area contributed by atoms with Gasteiger partial charge in [-0.25, -0.2) is 17.6 Å². The van der Waals surface area contributed by atoms with Gasteiger partial charge in [-0.2, -0.15) is 4.31 Å². The molecule has 3 rings (SSSR count). The molecule has 0 aromatic heterocycles. The Hall–Kier alpha value is -2.56. The van der Waals surface area contributed by atoms with E-state index in [4.69, 9.17) is 9.47 Å². The summed E-state index contributed by atoms with van der Waals surface area (Å²) in [7, 11) is -2.29. The van der Waals surface area contributed by atoms with E-state index >= 15 is 0 Å². The number of thioether (sulfide) groups is 1. The zero-order valence-corrected chi connectivity index (χ0v) is 24.5. The van der Waals surface area contributed by atoms with E-state index in [1.54, 1.807) is 46.0 Å². The third-order valence-electron chi connectivity index (χ3n) is 6.02. The van der Waals surface area contributed by atoms with Gasteiger partial charge in [-0.3, -0.25) is 0 Å². The summed E-state index contributed by atoms with van der Waals surface area (Å²) in [4.78, 5) is 14.8. The van der Waals surface area contributed by atoms with E-state index in [9.17, 15) is 17.6 Å². The molecule has 1 aliphatic rings. The summed E-state index contributed by atoms with van der Waals surface area (Å²) in [6.45, 7) is 9.78. The molecular weight excluding hydrogens is 527 g/mol. The minimum absolute atomic E-state index is 0.0874. The Balaban J connectivity index is 2.13. The van der Waals surface area contributed by atoms with Crippen LogP contribution in [0.2, 0.25) is 0 Å². The second-order valence-corrected chi connectivity index (χ2v) is 13.3. The molecule has 0 N–H and O–H groups in total. The van der Waals surface area contributed by atoms with Crippen molar-refractivity contribution in [3.05, 3.63) is 54.6 Å². The monoisotopic (exact) mass is 564 g/mol. The minimum atomic E-state index is -3.89. The van der Waals surface area contributed by atoms with Crippen molar-refractivity contribution in [2.24, 2.45) is 0 Å². The Kier molecular flexibility index (Phi) is 9.89. The van der Waals surface area contributed by atoms with Crippen LogP contribution >= 0.6 is 11.8 Å². The van der Waals surface area contributed by atoms with Crippen LogP contribution in [-0.4, -0.2) is 49.7 Å². The van der Waals surface area contributed by atoms with Crippen molar-refractivity contribution in [2.75, 3.05) is 24.2 Å². The summed E-state index contributed by atoms with van der Waals surface area (Å²) < 4.78 is 54.0. The first-order valence-corrected chi connectivity index (χ1v) is 15.2. The molecule has 7 nitrogen and oxygen atoms in total. The van der Waals surface area contributed by atoms with Crippen molar-refractivity contribution in [1.82, 2.24) is 4.31 Å². The highest BCUT2D eigenvalue weighted by atomic mass is 32.2. The predicted octanol–water partition coefficient (Wildman–Crippen LogP) is 6.50. The molecule has 0 saturated heterocycles. The summed E-state index contributed by atoms with van der Waals surface area (Å²) >= 11 is 1.50.